The van der Waals surface area contributed by atoms with E-state index < -0.39 is 0 Å². The van der Waals surface area contributed by atoms with E-state index in [1.165, 1.54) is 6.20 Å². The highest BCUT2D eigenvalue weighted by molar-refractivity contribution is 6.09. The van der Waals surface area contributed by atoms with Crippen molar-refractivity contribution in [2.75, 3.05) is 12.4 Å². The number of imidazole rings is 1. The van der Waals surface area contributed by atoms with Crippen LogP contribution in [-0.4, -0.2) is 41.8 Å². The van der Waals surface area contributed by atoms with Crippen molar-refractivity contribution < 1.29 is 9.53 Å². The zero-order valence-electron chi connectivity index (χ0n) is 15.8. The van der Waals surface area contributed by atoms with E-state index in [2.05, 4.69) is 20.5 Å². The Kier molecular flexibility index (Phi) is 3.80. The van der Waals surface area contributed by atoms with Gasteiger partial charge in [0.05, 0.1) is 31.3 Å². The van der Waals surface area contributed by atoms with E-state index in [1.807, 2.05) is 49.9 Å². The van der Waals surface area contributed by atoms with Crippen LogP contribution in [0.5, 0.6) is 5.75 Å². The van der Waals surface area contributed by atoms with E-state index in [9.17, 15) is 4.79 Å². The van der Waals surface area contributed by atoms with Gasteiger partial charge in [0.15, 0.2) is 0 Å². The molecule has 0 aliphatic rings. The molecule has 0 aliphatic carbocycles. The monoisotopic (exact) mass is 387 g/mol. The predicted octanol–water partition coefficient (Wildman–Crippen LogP) is 2.64. The molecule has 0 saturated carbocycles. The maximum atomic E-state index is 13.0. The minimum atomic E-state index is -0.293. The lowest BCUT2D eigenvalue weighted by molar-refractivity contribution is 0.102. The fraction of sp³-hybridized carbons (Fsp3) is 0.100. The molecule has 29 heavy (non-hydrogen) atoms. The lowest BCUT2D eigenvalue weighted by Gasteiger charge is -2.08. The molecule has 0 fully saturated rings. The zero-order valence-corrected chi connectivity index (χ0v) is 15.8. The number of nitrogens with zero attached hydrogens (tertiary/aromatic N) is 6. The van der Waals surface area contributed by atoms with Gasteiger partial charge in [-0.15, -0.1) is 0 Å². The van der Waals surface area contributed by atoms with Gasteiger partial charge in [-0.3, -0.25) is 13.9 Å². The molecule has 5 aromatic heterocycles. The van der Waals surface area contributed by atoms with Crippen LogP contribution >= 0.6 is 0 Å². The van der Waals surface area contributed by atoms with Crippen LogP contribution in [0.15, 0.2) is 61.4 Å². The van der Waals surface area contributed by atoms with Gasteiger partial charge >= 0.3 is 0 Å². The van der Waals surface area contributed by atoms with Crippen LogP contribution in [0.3, 0.4) is 0 Å². The van der Waals surface area contributed by atoms with Crippen molar-refractivity contribution in [3.8, 4) is 16.9 Å². The van der Waals surface area contributed by atoms with E-state index in [0.29, 0.717) is 22.6 Å². The Bertz CT molecular complexity index is 1360. The Morgan fingerprint density at radius 3 is 2.79 bits per heavy atom. The molecule has 1 amide bonds. The minimum absolute atomic E-state index is 0.293. The summed E-state index contributed by atoms with van der Waals surface area (Å²) in [5, 5.41) is 11.5. The topological polar surface area (TPSA) is 90.8 Å². The Labute approximate surface area is 165 Å². The molecular weight excluding hydrogens is 370 g/mol. The number of methoxy groups -OCH3 is 1. The van der Waals surface area contributed by atoms with Crippen molar-refractivity contribution in [2.45, 2.75) is 0 Å². The first-order valence-corrected chi connectivity index (χ1v) is 8.92. The second-order valence-corrected chi connectivity index (χ2v) is 6.58. The number of anilines is 1. The summed E-state index contributed by atoms with van der Waals surface area (Å²) in [7, 11) is 3.43. The van der Waals surface area contributed by atoms with E-state index >= 15 is 0 Å². The summed E-state index contributed by atoms with van der Waals surface area (Å²) in [5.74, 6) is 0.834. The van der Waals surface area contributed by atoms with E-state index in [0.717, 1.165) is 16.8 Å². The average Bonchev–Trinajstić information content (AvgIpc) is 3.45. The van der Waals surface area contributed by atoms with Crippen LogP contribution in [0.1, 0.15) is 10.4 Å². The fourth-order valence-corrected chi connectivity index (χ4v) is 3.34. The van der Waals surface area contributed by atoms with Crippen molar-refractivity contribution >= 4 is 22.9 Å². The Morgan fingerprint density at radius 1 is 1.10 bits per heavy atom. The number of aromatic nitrogens is 6. The Hall–Kier alpha value is -4.14. The molecule has 0 aliphatic heterocycles. The average molecular weight is 387 g/mol. The smallest absolute Gasteiger partial charge is 0.260 e. The number of carbonyl (C=O) groups is 1. The number of pyridine rings is 2. The van der Waals surface area contributed by atoms with Crippen LogP contribution in [0, 0.1) is 0 Å². The fourth-order valence-electron chi connectivity index (χ4n) is 3.34. The lowest BCUT2D eigenvalue weighted by Crippen LogP contribution is -2.13. The number of nitrogens with one attached hydrogen (secondary N) is 1. The number of fused-ring (bicyclic) bond motifs is 2. The van der Waals surface area contributed by atoms with Gasteiger partial charge < -0.3 is 10.1 Å². The number of ether oxygens (including phenoxy) is 1. The Balaban J connectivity index is 1.55. The summed E-state index contributed by atoms with van der Waals surface area (Å²) in [6, 6.07) is 7.51. The quantitative estimate of drug-likeness (QED) is 0.512. The normalized spacial score (nSPS) is 11.2. The van der Waals surface area contributed by atoms with Gasteiger partial charge in [-0.2, -0.15) is 10.2 Å². The summed E-state index contributed by atoms with van der Waals surface area (Å²) >= 11 is 0. The second-order valence-electron chi connectivity index (χ2n) is 6.58. The number of rotatable bonds is 4. The van der Waals surface area contributed by atoms with Gasteiger partial charge in [0.25, 0.3) is 5.91 Å². The van der Waals surface area contributed by atoms with E-state index in [4.69, 9.17) is 4.74 Å². The first-order chi connectivity index (χ1) is 14.1. The van der Waals surface area contributed by atoms with Crippen LogP contribution in [0.2, 0.25) is 0 Å². The van der Waals surface area contributed by atoms with Gasteiger partial charge in [-0.1, -0.05) is 6.07 Å². The van der Waals surface area contributed by atoms with Crippen LogP contribution in [0.25, 0.3) is 22.3 Å². The molecule has 0 radical (unpaired) electrons. The van der Waals surface area contributed by atoms with Crippen molar-refractivity contribution in [1.82, 2.24) is 28.8 Å². The van der Waals surface area contributed by atoms with Crippen molar-refractivity contribution in [1.29, 1.82) is 0 Å². The molecule has 9 heteroatoms. The molecule has 0 aromatic carbocycles. The number of aryl methyl sites for hydroxylation is 1. The van der Waals surface area contributed by atoms with Gasteiger partial charge in [0, 0.05) is 36.8 Å². The third kappa shape index (κ3) is 2.80. The van der Waals surface area contributed by atoms with Gasteiger partial charge in [0.1, 0.15) is 22.7 Å². The zero-order chi connectivity index (χ0) is 20.0. The van der Waals surface area contributed by atoms with Gasteiger partial charge in [-0.25, -0.2) is 9.50 Å². The van der Waals surface area contributed by atoms with E-state index in [-0.39, 0.29) is 5.91 Å². The molecule has 0 unspecified atom stereocenters. The molecule has 0 spiro atoms. The minimum Gasteiger partial charge on any atom is -0.494 e. The highest BCUT2D eigenvalue weighted by atomic mass is 16.5. The SMILES string of the molecule is COc1cc(-c2cnn(C)c2)cn2ncc(C(=O)Nc3cnc4ccccn34)c12. The first-order valence-electron chi connectivity index (χ1n) is 8.92. The van der Waals surface area contributed by atoms with Gasteiger partial charge in [0.2, 0.25) is 0 Å². The van der Waals surface area contributed by atoms with Crippen molar-refractivity contribution in [3.63, 3.8) is 0 Å². The number of amides is 1. The van der Waals surface area contributed by atoms with Crippen LogP contribution in [0.4, 0.5) is 5.82 Å². The van der Waals surface area contributed by atoms with Gasteiger partial charge in [-0.05, 0) is 18.2 Å². The molecule has 1 N–H and O–H groups in total. The second kappa shape index (κ2) is 6.48. The maximum Gasteiger partial charge on any atom is 0.260 e. The summed E-state index contributed by atoms with van der Waals surface area (Å²) in [6.07, 6.45) is 10.5. The number of hydrogen-bond acceptors (Lipinski definition) is 5. The molecule has 0 atom stereocenters. The molecular formula is C20H17N7O2. The largest absolute Gasteiger partial charge is 0.494 e. The number of carbonyl (C=O) groups excluding carboxylic acids is 1. The predicted molar refractivity (Wildman–Crippen MR) is 107 cm³/mol. The van der Waals surface area contributed by atoms with E-state index in [1.54, 1.807) is 33.1 Å². The Morgan fingerprint density at radius 2 is 2.00 bits per heavy atom. The third-order valence-corrected chi connectivity index (χ3v) is 4.74. The number of hydrogen-bond donors (Lipinski definition) is 1. The van der Waals surface area contributed by atoms with Crippen molar-refractivity contribution in [3.05, 3.63) is 67.0 Å². The molecule has 5 rings (SSSR count). The first kappa shape index (κ1) is 17.0. The molecule has 5 aromatic rings. The molecule has 0 saturated heterocycles. The maximum absolute atomic E-state index is 13.0. The summed E-state index contributed by atoms with van der Waals surface area (Å²) in [6.45, 7) is 0. The summed E-state index contributed by atoms with van der Waals surface area (Å²) in [4.78, 5) is 17.3. The van der Waals surface area contributed by atoms with Crippen LogP contribution in [-0.2, 0) is 7.05 Å². The standard InChI is InChI=1S/C20H17N7O2/c1-25-11-14(8-22-25)13-7-16(29-2)19-15(9-23-27(19)12-13)20(28)24-18-10-21-17-5-3-4-6-26(17)18/h3-12H,1-2H3,(H,24,28). The van der Waals surface area contributed by atoms with Crippen molar-refractivity contribution in [2.24, 2.45) is 7.05 Å². The lowest BCUT2D eigenvalue weighted by atomic mass is 10.1. The summed E-state index contributed by atoms with van der Waals surface area (Å²) in [5.41, 5.74) is 3.57. The highest BCUT2D eigenvalue weighted by Gasteiger charge is 2.19. The van der Waals surface area contributed by atoms with Crippen LogP contribution < -0.4 is 10.1 Å². The molecule has 9 nitrogen and oxygen atoms in total. The third-order valence-electron chi connectivity index (χ3n) is 4.74. The molecule has 0 bridgehead atoms. The molecule has 144 valence electrons. The summed E-state index contributed by atoms with van der Waals surface area (Å²) < 4.78 is 10.7. The highest BCUT2D eigenvalue weighted by Crippen LogP contribution is 2.30. The molecule has 5 heterocycles.